The number of benzene rings is 4. The fourth-order valence-electron chi connectivity index (χ4n) is 8.85. The molecule has 2 aliphatic heterocycles. The molecule has 0 spiro atoms. The maximum Gasteiger partial charge on any atom is 0.335 e. The summed E-state index contributed by atoms with van der Waals surface area (Å²) < 4.78 is 15.3. The van der Waals surface area contributed by atoms with Gasteiger partial charge in [0.2, 0.25) is 23.6 Å². The summed E-state index contributed by atoms with van der Waals surface area (Å²) >= 11 is 6.33. The topological polar surface area (TPSA) is 132 Å². The molecule has 2 N–H and O–H groups in total. The third-order valence-corrected chi connectivity index (χ3v) is 11.1. The molecule has 0 radical (unpaired) electrons. The van der Waals surface area contributed by atoms with Crippen LogP contribution in [0.4, 0.5) is 15.8 Å². The molecule has 6 atom stereocenters. The first-order chi connectivity index (χ1) is 24.0. The molecule has 4 aromatic carbocycles. The molecule has 1 saturated carbocycles. The number of aromatic hydroxyl groups is 1. The van der Waals surface area contributed by atoms with Gasteiger partial charge in [-0.05, 0) is 78.4 Å². The van der Waals surface area contributed by atoms with E-state index in [1.807, 2.05) is 6.08 Å². The molecule has 0 bridgehead atoms. The second kappa shape index (κ2) is 11.5. The normalized spacial score (nSPS) is 27.2. The first kappa shape index (κ1) is 31.6. The van der Waals surface area contributed by atoms with Crippen LogP contribution in [0.5, 0.6) is 5.75 Å². The Morgan fingerprint density at radius 2 is 1.52 bits per heavy atom. The van der Waals surface area contributed by atoms with Gasteiger partial charge in [-0.1, -0.05) is 71.8 Å². The maximum absolute atomic E-state index is 15.3. The third kappa shape index (κ3) is 4.41. The van der Waals surface area contributed by atoms with Gasteiger partial charge in [0, 0.05) is 10.9 Å². The number of rotatable bonds is 5. The Balaban J connectivity index is 1.34. The number of phenols is 1. The number of hydrogen-bond donors (Lipinski definition) is 2. The van der Waals surface area contributed by atoms with E-state index in [1.165, 1.54) is 42.5 Å². The molecule has 250 valence electrons. The number of fused-ring (bicyclic) bond motifs is 4. The van der Waals surface area contributed by atoms with E-state index in [1.54, 1.807) is 48.5 Å². The van der Waals surface area contributed by atoms with Crippen LogP contribution in [0.25, 0.3) is 0 Å². The van der Waals surface area contributed by atoms with E-state index >= 15 is 9.18 Å². The molecule has 6 unspecified atom stereocenters. The van der Waals surface area contributed by atoms with Crippen molar-refractivity contribution in [2.75, 3.05) is 9.80 Å². The molecular formula is C39H28ClFN2O7. The SMILES string of the molecule is O=C(O)c1cccc(N2C(=O)C3CC=C4C(CC5C(=O)N(c6cccc(Cl)c6)C(=O)C5(c5ccccc5)C4c4ccc(O)c(F)c4)C3C2=O)c1. The second-order valence-corrected chi connectivity index (χ2v) is 13.6. The summed E-state index contributed by atoms with van der Waals surface area (Å²) in [6.45, 7) is 0. The number of phenolic OH excluding ortho intramolecular Hbond substituents is 1. The van der Waals surface area contributed by atoms with Crippen LogP contribution in [0, 0.1) is 29.5 Å². The smallest absolute Gasteiger partial charge is 0.335 e. The van der Waals surface area contributed by atoms with Crippen LogP contribution in [0.15, 0.2) is 109 Å². The van der Waals surface area contributed by atoms with Gasteiger partial charge in [0.1, 0.15) is 0 Å². The zero-order valence-electron chi connectivity index (χ0n) is 26.2. The van der Waals surface area contributed by atoms with Crippen LogP contribution < -0.4 is 9.80 Å². The lowest BCUT2D eigenvalue weighted by molar-refractivity contribution is -0.127. The van der Waals surface area contributed by atoms with Gasteiger partial charge in [-0.15, -0.1) is 0 Å². The lowest BCUT2D eigenvalue weighted by Gasteiger charge is -2.50. The highest BCUT2D eigenvalue weighted by atomic mass is 35.5. The van der Waals surface area contributed by atoms with Gasteiger partial charge in [-0.3, -0.25) is 24.1 Å². The van der Waals surface area contributed by atoms with Gasteiger partial charge < -0.3 is 10.2 Å². The quantitative estimate of drug-likeness (QED) is 0.187. The van der Waals surface area contributed by atoms with E-state index in [9.17, 15) is 29.4 Å². The number of aromatic carboxylic acids is 1. The summed E-state index contributed by atoms with van der Waals surface area (Å²) in [4.78, 5) is 72.1. The molecule has 8 rings (SSSR count). The van der Waals surface area contributed by atoms with Crippen molar-refractivity contribution in [1.82, 2.24) is 0 Å². The number of halogens is 2. The minimum atomic E-state index is -1.60. The Bertz CT molecular complexity index is 2190. The highest BCUT2D eigenvalue weighted by molar-refractivity contribution is 6.32. The number of allylic oxidation sites excluding steroid dienone is 2. The lowest BCUT2D eigenvalue weighted by Crippen LogP contribution is -2.53. The van der Waals surface area contributed by atoms with Crippen molar-refractivity contribution < 1.29 is 38.6 Å². The zero-order chi connectivity index (χ0) is 35.1. The summed E-state index contributed by atoms with van der Waals surface area (Å²) in [6, 6.07) is 24.7. The Morgan fingerprint density at radius 3 is 2.22 bits per heavy atom. The highest BCUT2D eigenvalue weighted by Gasteiger charge is 2.70. The number of carboxylic acids is 1. The average molecular weight is 691 g/mol. The van der Waals surface area contributed by atoms with E-state index in [0.717, 1.165) is 15.9 Å². The van der Waals surface area contributed by atoms with E-state index in [2.05, 4.69) is 0 Å². The Hall–Kier alpha value is -5.61. The van der Waals surface area contributed by atoms with Crippen molar-refractivity contribution in [3.05, 3.63) is 136 Å². The minimum absolute atomic E-state index is 0.0304. The Labute approximate surface area is 290 Å². The maximum atomic E-state index is 15.3. The van der Waals surface area contributed by atoms with Gasteiger partial charge in [0.25, 0.3) is 0 Å². The molecule has 2 heterocycles. The van der Waals surface area contributed by atoms with E-state index in [-0.39, 0.29) is 29.8 Å². The van der Waals surface area contributed by atoms with Crippen molar-refractivity contribution >= 4 is 52.6 Å². The van der Waals surface area contributed by atoms with Crippen LogP contribution in [0.1, 0.15) is 40.2 Å². The van der Waals surface area contributed by atoms with Crippen LogP contribution in [-0.2, 0) is 24.6 Å². The Kier molecular flexibility index (Phi) is 7.27. The van der Waals surface area contributed by atoms with Crippen molar-refractivity contribution in [2.45, 2.75) is 24.2 Å². The molecule has 4 aliphatic rings. The monoisotopic (exact) mass is 690 g/mol. The number of anilines is 2. The fourth-order valence-corrected chi connectivity index (χ4v) is 9.04. The number of carboxylic acid groups (broad SMARTS) is 1. The van der Waals surface area contributed by atoms with E-state index < -0.39 is 76.2 Å². The van der Waals surface area contributed by atoms with Gasteiger partial charge >= 0.3 is 5.97 Å². The number of imide groups is 2. The first-order valence-electron chi connectivity index (χ1n) is 16.1. The van der Waals surface area contributed by atoms with Gasteiger partial charge in [-0.2, -0.15) is 0 Å². The molecule has 3 fully saturated rings. The number of carbonyl (C=O) groups excluding carboxylic acids is 4. The summed E-state index contributed by atoms with van der Waals surface area (Å²) in [5.41, 5.74) is 0.163. The second-order valence-electron chi connectivity index (χ2n) is 13.2. The molecule has 4 aromatic rings. The van der Waals surface area contributed by atoms with Crippen LogP contribution in [0.3, 0.4) is 0 Å². The summed E-state index contributed by atoms with van der Waals surface area (Å²) in [5, 5.41) is 20.1. The first-order valence-corrected chi connectivity index (χ1v) is 16.5. The third-order valence-electron chi connectivity index (χ3n) is 10.8. The summed E-state index contributed by atoms with van der Waals surface area (Å²) in [7, 11) is 0. The number of nitrogens with zero attached hydrogens (tertiary/aromatic N) is 2. The molecular weight excluding hydrogens is 663 g/mol. The van der Waals surface area contributed by atoms with Crippen LogP contribution >= 0.6 is 11.6 Å². The van der Waals surface area contributed by atoms with Gasteiger partial charge in [0.15, 0.2) is 11.6 Å². The minimum Gasteiger partial charge on any atom is -0.505 e. The standard InChI is InChI=1S/C39H28ClFN2O7/c40-23-9-5-11-25(18-23)43-35(46)29-19-28-26(13-14-27-32(28)36(47)42(34(27)45)24-10-4-6-21(16-24)37(48)49)33(20-12-15-31(44)30(41)17-20)39(29,38(43)50)22-7-2-1-3-8-22/h1-13,15-18,27-29,32-33,44H,14,19H2,(H,48,49). The number of carbonyl (C=O) groups is 5. The Morgan fingerprint density at radius 1 is 0.800 bits per heavy atom. The summed E-state index contributed by atoms with van der Waals surface area (Å²) in [5.74, 6) is -9.27. The van der Waals surface area contributed by atoms with Crippen molar-refractivity contribution in [3.8, 4) is 5.75 Å². The molecule has 50 heavy (non-hydrogen) atoms. The molecule has 11 heteroatoms. The molecule has 2 aliphatic carbocycles. The predicted molar refractivity (Wildman–Crippen MR) is 180 cm³/mol. The van der Waals surface area contributed by atoms with Gasteiger partial charge in [-0.25, -0.2) is 14.1 Å². The fraction of sp³-hybridized carbons (Fsp3) is 0.205. The number of hydrogen-bond acceptors (Lipinski definition) is 6. The summed E-state index contributed by atoms with van der Waals surface area (Å²) in [6.07, 6.45) is 2.00. The van der Waals surface area contributed by atoms with Crippen molar-refractivity contribution in [2.24, 2.45) is 23.7 Å². The van der Waals surface area contributed by atoms with Crippen molar-refractivity contribution in [1.29, 1.82) is 0 Å². The van der Waals surface area contributed by atoms with Gasteiger partial charge in [0.05, 0.1) is 40.1 Å². The highest BCUT2D eigenvalue weighted by Crippen LogP contribution is 2.64. The molecule has 4 amide bonds. The van der Waals surface area contributed by atoms with E-state index in [0.29, 0.717) is 21.7 Å². The average Bonchev–Trinajstić information content (AvgIpc) is 3.50. The molecule has 2 saturated heterocycles. The number of amides is 4. The lowest BCUT2D eigenvalue weighted by atomic mass is 9.49. The molecule has 9 nitrogen and oxygen atoms in total. The largest absolute Gasteiger partial charge is 0.505 e. The zero-order valence-corrected chi connectivity index (χ0v) is 27.0. The van der Waals surface area contributed by atoms with Crippen LogP contribution in [-0.4, -0.2) is 39.8 Å². The predicted octanol–water partition coefficient (Wildman–Crippen LogP) is 6.25. The van der Waals surface area contributed by atoms with Crippen molar-refractivity contribution in [3.63, 3.8) is 0 Å². The van der Waals surface area contributed by atoms with Crippen LogP contribution in [0.2, 0.25) is 5.02 Å². The molecule has 0 aromatic heterocycles. The van der Waals surface area contributed by atoms with E-state index in [4.69, 9.17) is 11.6 Å².